The lowest BCUT2D eigenvalue weighted by Crippen LogP contribution is -2.42. The molecule has 0 bridgehead atoms. The van der Waals surface area contributed by atoms with Gasteiger partial charge in [0.05, 0.1) is 18.8 Å². The van der Waals surface area contributed by atoms with Gasteiger partial charge >= 0.3 is 0 Å². The minimum Gasteiger partial charge on any atom is -0.414 e. The van der Waals surface area contributed by atoms with Crippen LogP contribution in [-0.4, -0.2) is 27.1 Å². The third-order valence-corrected chi connectivity index (χ3v) is 8.83. The fourth-order valence-electron chi connectivity index (χ4n) is 1.94. The maximum absolute atomic E-state index is 6.22. The number of allylic oxidation sites excluding steroid dienone is 1. The van der Waals surface area contributed by atoms with Gasteiger partial charge in [-0.15, -0.1) is 6.58 Å². The third kappa shape index (κ3) is 4.52. The summed E-state index contributed by atoms with van der Waals surface area (Å²) < 4.78 is 12.2. The Morgan fingerprint density at radius 2 is 1.89 bits per heavy atom. The molecular formula is C15H30O2Si. The maximum atomic E-state index is 6.22. The Labute approximate surface area is 114 Å². The first-order valence-electron chi connectivity index (χ1n) is 7.16. The Kier molecular flexibility index (Phi) is 5.62. The highest BCUT2D eigenvalue weighted by Gasteiger charge is 2.38. The average molecular weight is 270 g/mol. The molecule has 2 atom stereocenters. The Bertz CT molecular complexity index is 268. The molecule has 0 aliphatic carbocycles. The van der Waals surface area contributed by atoms with Crippen LogP contribution < -0.4 is 0 Å². The monoisotopic (exact) mass is 270 g/mol. The second-order valence-electron chi connectivity index (χ2n) is 6.89. The Hall–Kier alpha value is -0.123. The fraction of sp³-hybridized carbons (Fsp3) is 0.867. The summed E-state index contributed by atoms with van der Waals surface area (Å²) in [7, 11) is -1.62. The zero-order chi connectivity index (χ0) is 13.8. The van der Waals surface area contributed by atoms with Crippen molar-refractivity contribution in [2.24, 2.45) is 0 Å². The van der Waals surface area contributed by atoms with E-state index in [2.05, 4.69) is 40.4 Å². The van der Waals surface area contributed by atoms with E-state index in [1.807, 2.05) is 6.08 Å². The van der Waals surface area contributed by atoms with E-state index in [0.717, 1.165) is 25.9 Å². The quantitative estimate of drug-likeness (QED) is 0.522. The molecule has 1 fully saturated rings. The smallest absolute Gasteiger partial charge is 0.192 e. The molecule has 3 heteroatoms. The number of hydrogen-bond acceptors (Lipinski definition) is 2. The lowest BCUT2D eigenvalue weighted by molar-refractivity contribution is 0.0120. The van der Waals surface area contributed by atoms with E-state index in [-0.39, 0.29) is 5.04 Å². The van der Waals surface area contributed by atoms with Gasteiger partial charge in [-0.3, -0.25) is 0 Å². The standard InChI is InChI=1S/C15H30O2Si/c1-7-8-9-13-10-11-14(17-13)12-16-18(5,6)15(2,3)4/h7,13-14H,1,8-12H2,2-6H3/t13-,14+/m0/s1. The van der Waals surface area contributed by atoms with Crippen molar-refractivity contribution in [1.29, 1.82) is 0 Å². The molecule has 0 aromatic rings. The van der Waals surface area contributed by atoms with Crippen LogP contribution in [0.1, 0.15) is 46.5 Å². The molecule has 0 spiro atoms. The summed E-state index contributed by atoms with van der Waals surface area (Å²) in [4.78, 5) is 0. The number of rotatable bonds is 6. The summed E-state index contributed by atoms with van der Waals surface area (Å²) in [5.74, 6) is 0. The minimum atomic E-state index is -1.62. The zero-order valence-electron chi connectivity index (χ0n) is 12.8. The highest BCUT2D eigenvalue weighted by Crippen LogP contribution is 2.37. The lowest BCUT2D eigenvalue weighted by Gasteiger charge is -2.36. The molecule has 1 heterocycles. The highest BCUT2D eigenvalue weighted by molar-refractivity contribution is 6.74. The molecule has 1 saturated heterocycles. The van der Waals surface area contributed by atoms with Crippen molar-refractivity contribution in [2.45, 2.75) is 76.8 Å². The first-order chi connectivity index (χ1) is 8.26. The molecule has 0 radical (unpaired) electrons. The molecule has 0 N–H and O–H groups in total. The molecule has 1 aliphatic rings. The van der Waals surface area contributed by atoms with Gasteiger partial charge in [-0.25, -0.2) is 0 Å². The van der Waals surface area contributed by atoms with Crippen LogP contribution in [-0.2, 0) is 9.16 Å². The van der Waals surface area contributed by atoms with Crippen molar-refractivity contribution in [3.63, 3.8) is 0 Å². The molecule has 1 rings (SSSR count). The van der Waals surface area contributed by atoms with Crippen LogP contribution in [0.15, 0.2) is 12.7 Å². The zero-order valence-corrected chi connectivity index (χ0v) is 13.8. The van der Waals surface area contributed by atoms with Crippen LogP contribution in [0.25, 0.3) is 0 Å². The van der Waals surface area contributed by atoms with Gasteiger partial charge in [0.25, 0.3) is 0 Å². The van der Waals surface area contributed by atoms with Gasteiger partial charge in [-0.1, -0.05) is 26.8 Å². The molecule has 0 amide bonds. The van der Waals surface area contributed by atoms with E-state index in [9.17, 15) is 0 Å². The molecule has 18 heavy (non-hydrogen) atoms. The van der Waals surface area contributed by atoms with Gasteiger partial charge in [-0.2, -0.15) is 0 Å². The van der Waals surface area contributed by atoms with E-state index < -0.39 is 8.32 Å². The van der Waals surface area contributed by atoms with E-state index in [1.165, 1.54) is 6.42 Å². The number of ether oxygens (including phenoxy) is 1. The van der Waals surface area contributed by atoms with E-state index in [4.69, 9.17) is 9.16 Å². The maximum Gasteiger partial charge on any atom is 0.192 e. The summed E-state index contributed by atoms with van der Waals surface area (Å²) >= 11 is 0. The van der Waals surface area contributed by atoms with Crippen LogP contribution in [0.4, 0.5) is 0 Å². The first kappa shape index (κ1) is 15.9. The fourth-order valence-corrected chi connectivity index (χ4v) is 2.97. The van der Waals surface area contributed by atoms with Gasteiger partial charge in [0.2, 0.25) is 0 Å². The van der Waals surface area contributed by atoms with Crippen LogP contribution >= 0.6 is 0 Å². The molecule has 0 saturated carbocycles. The topological polar surface area (TPSA) is 18.5 Å². The van der Waals surface area contributed by atoms with Crippen molar-refractivity contribution < 1.29 is 9.16 Å². The molecule has 1 aliphatic heterocycles. The summed E-state index contributed by atoms with van der Waals surface area (Å²) in [6, 6.07) is 0. The van der Waals surface area contributed by atoms with Crippen molar-refractivity contribution in [3.8, 4) is 0 Å². The lowest BCUT2D eigenvalue weighted by atomic mass is 10.1. The third-order valence-electron chi connectivity index (χ3n) is 4.32. The highest BCUT2D eigenvalue weighted by atomic mass is 28.4. The summed E-state index contributed by atoms with van der Waals surface area (Å²) in [5, 5.41) is 0.286. The second kappa shape index (κ2) is 6.35. The van der Waals surface area contributed by atoms with Crippen LogP contribution in [0.5, 0.6) is 0 Å². The van der Waals surface area contributed by atoms with Crippen LogP contribution in [0.2, 0.25) is 18.1 Å². The summed E-state index contributed by atoms with van der Waals surface area (Å²) in [6.45, 7) is 16.0. The first-order valence-corrected chi connectivity index (χ1v) is 10.1. The predicted octanol–water partition coefficient (Wildman–Crippen LogP) is 4.52. The van der Waals surface area contributed by atoms with Crippen LogP contribution in [0, 0.1) is 0 Å². The molecule has 0 unspecified atom stereocenters. The van der Waals surface area contributed by atoms with E-state index in [1.54, 1.807) is 0 Å². The van der Waals surface area contributed by atoms with E-state index >= 15 is 0 Å². The average Bonchev–Trinajstić information content (AvgIpc) is 2.70. The van der Waals surface area contributed by atoms with Crippen molar-refractivity contribution >= 4 is 8.32 Å². The van der Waals surface area contributed by atoms with Crippen LogP contribution in [0.3, 0.4) is 0 Å². The largest absolute Gasteiger partial charge is 0.414 e. The van der Waals surface area contributed by atoms with Gasteiger partial charge < -0.3 is 9.16 Å². The molecule has 106 valence electrons. The summed E-state index contributed by atoms with van der Waals surface area (Å²) in [6.07, 6.45) is 7.21. The van der Waals surface area contributed by atoms with Gasteiger partial charge in [0.1, 0.15) is 0 Å². The predicted molar refractivity (Wildman–Crippen MR) is 80.5 cm³/mol. The van der Waals surface area contributed by atoms with Gasteiger partial charge in [-0.05, 0) is 43.8 Å². The van der Waals surface area contributed by atoms with E-state index in [0.29, 0.717) is 12.2 Å². The van der Waals surface area contributed by atoms with Crippen molar-refractivity contribution in [3.05, 3.63) is 12.7 Å². The molecule has 0 aromatic carbocycles. The second-order valence-corrected chi connectivity index (χ2v) is 11.7. The van der Waals surface area contributed by atoms with Crippen molar-refractivity contribution in [2.75, 3.05) is 6.61 Å². The van der Waals surface area contributed by atoms with Crippen molar-refractivity contribution in [1.82, 2.24) is 0 Å². The Balaban J connectivity index is 2.31. The number of hydrogen-bond donors (Lipinski definition) is 0. The minimum absolute atomic E-state index is 0.286. The molecular weight excluding hydrogens is 240 g/mol. The molecule has 2 nitrogen and oxygen atoms in total. The SMILES string of the molecule is C=CCC[C@H]1CC[C@H](CO[Si](C)(C)C(C)(C)C)O1. The summed E-state index contributed by atoms with van der Waals surface area (Å²) in [5.41, 5.74) is 0. The molecule has 0 aromatic heterocycles. The van der Waals surface area contributed by atoms with Gasteiger partial charge in [0.15, 0.2) is 8.32 Å². The Morgan fingerprint density at radius 1 is 1.28 bits per heavy atom. The van der Waals surface area contributed by atoms with Gasteiger partial charge in [0, 0.05) is 0 Å². The Morgan fingerprint density at radius 3 is 2.44 bits per heavy atom. The normalized spacial score (nSPS) is 25.4.